The van der Waals surface area contributed by atoms with Gasteiger partial charge in [0.1, 0.15) is 0 Å². The van der Waals surface area contributed by atoms with Crippen molar-refractivity contribution >= 4 is 23.2 Å². The average molecular weight is 382 g/mol. The number of fused-ring (bicyclic) bond motifs is 1. The Labute approximate surface area is 164 Å². The minimum atomic E-state index is -0.117. The fourth-order valence-electron chi connectivity index (χ4n) is 3.87. The van der Waals surface area contributed by atoms with E-state index in [-0.39, 0.29) is 23.8 Å². The number of carbonyl (C=O) groups is 2. The highest BCUT2D eigenvalue weighted by Gasteiger charge is 2.34. The van der Waals surface area contributed by atoms with Crippen LogP contribution in [-0.4, -0.2) is 47.4 Å². The monoisotopic (exact) mass is 382 g/mol. The van der Waals surface area contributed by atoms with Crippen LogP contribution >= 0.6 is 0 Å². The van der Waals surface area contributed by atoms with Gasteiger partial charge in [0.05, 0.1) is 42.9 Å². The standard InChI is InChI=1S/C21H26N4O3/c1-13(2)21(27)23-9-14(3)25(15(4)26)19-6-5-16(7-20(19)23)17-8-22-24(10-17)18-11-28-12-18/h5-8,10,13-14,18H,9,11-12H2,1-4H3/t14-/m0/s1. The normalized spacial score (nSPS) is 19.5. The second kappa shape index (κ2) is 7.05. The van der Waals surface area contributed by atoms with E-state index in [0.717, 1.165) is 22.5 Å². The first-order valence-electron chi connectivity index (χ1n) is 9.74. The SMILES string of the molecule is CC(=O)N1c2ccc(-c3cnn(C4COC4)c3)cc2N(C(=O)C(C)C)C[C@@H]1C. The fourth-order valence-corrected chi connectivity index (χ4v) is 3.87. The first-order chi connectivity index (χ1) is 13.4. The Balaban J connectivity index is 1.76. The molecule has 1 fully saturated rings. The van der Waals surface area contributed by atoms with Crippen LogP contribution in [0, 0.1) is 5.92 Å². The Kier molecular flexibility index (Phi) is 4.71. The van der Waals surface area contributed by atoms with Gasteiger partial charge in [-0.1, -0.05) is 19.9 Å². The van der Waals surface area contributed by atoms with Gasteiger partial charge in [0.2, 0.25) is 11.8 Å². The summed E-state index contributed by atoms with van der Waals surface area (Å²) in [5, 5.41) is 4.46. The summed E-state index contributed by atoms with van der Waals surface area (Å²) in [5.74, 6) is -0.0688. The number of hydrogen-bond donors (Lipinski definition) is 0. The lowest BCUT2D eigenvalue weighted by Crippen LogP contribution is -2.52. The van der Waals surface area contributed by atoms with Crippen molar-refractivity contribution in [1.82, 2.24) is 9.78 Å². The lowest BCUT2D eigenvalue weighted by molar-refractivity contribution is -0.122. The predicted octanol–water partition coefficient (Wildman–Crippen LogP) is 2.87. The number of benzene rings is 1. The molecular weight excluding hydrogens is 356 g/mol. The van der Waals surface area contributed by atoms with Gasteiger partial charge in [-0.15, -0.1) is 0 Å². The molecule has 2 aromatic rings. The first-order valence-corrected chi connectivity index (χ1v) is 9.74. The van der Waals surface area contributed by atoms with Crippen molar-refractivity contribution < 1.29 is 14.3 Å². The van der Waals surface area contributed by atoms with E-state index in [1.165, 1.54) is 0 Å². The molecule has 28 heavy (non-hydrogen) atoms. The second-order valence-corrected chi connectivity index (χ2v) is 7.95. The second-order valence-electron chi connectivity index (χ2n) is 7.95. The molecule has 0 bridgehead atoms. The molecule has 2 amide bonds. The Morgan fingerprint density at radius 1 is 1.18 bits per heavy atom. The molecule has 0 aliphatic carbocycles. The summed E-state index contributed by atoms with van der Waals surface area (Å²) in [5.41, 5.74) is 3.53. The number of hydrogen-bond acceptors (Lipinski definition) is 4. The fraction of sp³-hybridized carbons (Fsp3) is 0.476. The quantitative estimate of drug-likeness (QED) is 0.819. The van der Waals surface area contributed by atoms with E-state index in [2.05, 4.69) is 5.10 Å². The summed E-state index contributed by atoms with van der Waals surface area (Å²) in [6.07, 6.45) is 3.85. The van der Waals surface area contributed by atoms with Crippen molar-refractivity contribution in [3.05, 3.63) is 30.6 Å². The molecule has 2 aliphatic rings. The van der Waals surface area contributed by atoms with Gasteiger partial charge >= 0.3 is 0 Å². The van der Waals surface area contributed by atoms with Crippen molar-refractivity contribution in [2.24, 2.45) is 5.92 Å². The Morgan fingerprint density at radius 3 is 2.54 bits per heavy atom. The first kappa shape index (κ1) is 18.7. The summed E-state index contributed by atoms with van der Waals surface area (Å²) in [6.45, 7) is 9.21. The van der Waals surface area contributed by atoms with Gasteiger partial charge in [0, 0.05) is 31.1 Å². The number of rotatable bonds is 3. The van der Waals surface area contributed by atoms with Crippen LogP contribution < -0.4 is 9.80 Å². The van der Waals surface area contributed by atoms with E-state index in [4.69, 9.17) is 4.74 Å². The summed E-state index contributed by atoms with van der Waals surface area (Å²) in [7, 11) is 0. The number of ether oxygens (including phenoxy) is 1. The van der Waals surface area contributed by atoms with Crippen LogP contribution in [0.4, 0.5) is 11.4 Å². The van der Waals surface area contributed by atoms with Gasteiger partial charge < -0.3 is 14.5 Å². The van der Waals surface area contributed by atoms with Gasteiger partial charge in [-0.2, -0.15) is 5.10 Å². The Morgan fingerprint density at radius 2 is 1.93 bits per heavy atom. The predicted molar refractivity (Wildman–Crippen MR) is 107 cm³/mol. The van der Waals surface area contributed by atoms with Crippen LogP contribution in [0.15, 0.2) is 30.6 Å². The van der Waals surface area contributed by atoms with E-state index in [1.54, 1.807) is 11.8 Å². The highest BCUT2D eigenvalue weighted by molar-refractivity contribution is 6.05. The molecule has 0 spiro atoms. The molecule has 0 saturated carbocycles. The average Bonchev–Trinajstić information content (AvgIpc) is 3.07. The zero-order chi connectivity index (χ0) is 20.0. The third-order valence-corrected chi connectivity index (χ3v) is 5.44. The van der Waals surface area contributed by atoms with E-state index >= 15 is 0 Å². The van der Waals surface area contributed by atoms with E-state index < -0.39 is 0 Å². The molecule has 1 aromatic heterocycles. The van der Waals surface area contributed by atoms with Gasteiger partial charge in [-0.25, -0.2) is 0 Å². The van der Waals surface area contributed by atoms with Crippen LogP contribution in [0.5, 0.6) is 0 Å². The highest BCUT2D eigenvalue weighted by atomic mass is 16.5. The molecule has 7 heteroatoms. The summed E-state index contributed by atoms with van der Waals surface area (Å²) < 4.78 is 7.17. The third kappa shape index (κ3) is 3.09. The Hall–Kier alpha value is -2.67. The van der Waals surface area contributed by atoms with Crippen molar-refractivity contribution in [1.29, 1.82) is 0 Å². The molecule has 148 valence electrons. The molecule has 1 atom stereocenters. The van der Waals surface area contributed by atoms with Gasteiger partial charge in [-0.05, 0) is 24.6 Å². The topological polar surface area (TPSA) is 67.7 Å². The van der Waals surface area contributed by atoms with Crippen molar-refractivity contribution in [2.45, 2.75) is 39.8 Å². The molecule has 0 radical (unpaired) electrons. The molecule has 1 aromatic carbocycles. The summed E-state index contributed by atoms with van der Waals surface area (Å²) in [4.78, 5) is 28.7. The van der Waals surface area contributed by atoms with Gasteiger partial charge in [0.25, 0.3) is 0 Å². The number of nitrogens with zero attached hydrogens (tertiary/aromatic N) is 4. The number of carbonyl (C=O) groups excluding carboxylic acids is 2. The molecule has 2 aliphatic heterocycles. The lowest BCUT2D eigenvalue weighted by Gasteiger charge is -2.41. The molecule has 7 nitrogen and oxygen atoms in total. The molecule has 3 heterocycles. The maximum atomic E-state index is 12.9. The Bertz CT molecular complexity index is 916. The highest BCUT2D eigenvalue weighted by Crippen LogP contribution is 2.39. The van der Waals surface area contributed by atoms with Crippen LogP contribution in [0.25, 0.3) is 11.1 Å². The number of anilines is 2. The van der Waals surface area contributed by atoms with E-state index in [1.807, 2.05) is 60.9 Å². The maximum absolute atomic E-state index is 12.9. The van der Waals surface area contributed by atoms with Crippen molar-refractivity contribution in [3.8, 4) is 11.1 Å². The van der Waals surface area contributed by atoms with Crippen molar-refractivity contribution in [3.63, 3.8) is 0 Å². The zero-order valence-corrected chi connectivity index (χ0v) is 16.8. The lowest BCUT2D eigenvalue weighted by atomic mass is 10.0. The van der Waals surface area contributed by atoms with Crippen LogP contribution in [0.1, 0.15) is 33.7 Å². The molecule has 0 N–H and O–H groups in total. The number of amides is 2. The van der Waals surface area contributed by atoms with Gasteiger partial charge in [-0.3, -0.25) is 14.3 Å². The molecule has 0 unspecified atom stereocenters. The summed E-state index contributed by atoms with van der Waals surface area (Å²) >= 11 is 0. The molecule has 1 saturated heterocycles. The third-order valence-electron chi connectivity index (χ3n) is 5.44. The largest absolute Gasteiger partial charge is 0.377 e. The van der Waals surface area contributed by atoms with Crippen LogP contribution in [0.2, 0.25) is 0 Å². The smallest absolute Gasteiger partial charge is 0.229 e. The maximum Gasteiger partial charge on any atom is 0.229 e. The minimum absolute atomic E-state index is 0.0176. The summed E-state index contributed by atoms with van der Waals surface area (Å²) in [6, 6.07) is 6.14. The molecular formula is C21H26N4O3. The minimum Gasteiger partial charge on any atom is -0.377 e. The van der Waals surface area contributed by atoms with Crippen LogP contribution in [0.3, 0.4) is 0 Å². The van der Waals surface area contributed by atoms with Crippen LogP contribution in [-0.2, 0) is 14.3 Å². The zero-order valence-electron chi connectivity index (χ0n) is 16.8. The van der Waals surface area contributed by atoms with Gasteiger partial charge in [0.15, 0.2) is 0 Å². The van der Waals surface area contributed by atoms with E-state index in [9.17, 15) is 9.59 Å². The number of aromatic nitrogens is 2. The van der Waals surface area contributed by atoms with E-state index in [0.29, 0.717) is 25.8 Å². The molecule has 4 rings (SSSR count). The van der Waals surface area contributed by atoms with Crippen molar-refractivity contribution in [2.75, 3.05) is 29.6 Å².